The predicted octanol–water partition coefficient (Wildman–Crippen LogP) is 2.46. The van der Waals surface area contributed by atoms with E-state index in [1.165, 1.54) is 17.3 Å². The van der Waals surface area contributed by atoms with E-state index < -0.39 is 0 Å². The summed E-state index contributed by atoms with van der Waals surface area (Å²) in [6.07, 6.45) is 0. The maximum absolute atomic E-state index is 5.81. The van der Waals surface area contributed by atoms with Gasteiger partial charge in [-0.2, -0.15) is 0 Å². The zero-order valence-electron chi connectivity index (χ0n) is 11.8. The van der Waals surface area contributed by atoms with Crippen molar-refractivity contribution >= 4 is 16.9 Å². The number of nitrogens with zero attached hydrogens (tertiary/aromatic N) is 1. The molecule has 1 aromatic carbocycles. The average Bonchev–Trinajstić information content (AvgIpc) is 2.37. The van der Waals surface area contributed by atoms with Gasteiger partial charge in [-0.05, 0) is 26.0 Å². The van der Waals surface area contributed by atoms with Crippen LogP contribution in [0.2, 0.25) is 0 Å². The standard InChI is InChI=1S/C14H22N2O2S/c1-11-4-6-13(7-5-11)18-8-9-19-14(15)16-12(2)10-17-3/h4-7,12H,8-10H2,1-3H3,(H2,15,16)/t12-/m1/s1. The van der Waals surface area contributed by atoms with Crippen molar-refractivity contribution in [3.8, 4) is 5.75 Å². The van der Waals surface area contributed by atoms with Gasteiger partial charge >= 0.3 is 0 Å². The van der Waals surface area contributed by atoms with Crippen LogP contribution in [0.5, 0.6) is 5.75 Å². The third-order valence-corrected chi connectivity index (χ3v) is 3.15. The van der Waals surface area contributed by atoms with E-state index in [9.17, 15) is 0 Å². The first kappa shape index (κ1) is 15.9. The van der Waals surface area contributed by atoms with Crippen molar-refractivity contribution in [2.24, 2.45) is 10.7 Å². The largest absolute Gasteiger partial charge is 0.493 e. The summed E-state index contributed by atoms with van der Waals surface area (Å²) in [6, 6.07) is 8.10. The van der Waals surface area contributed by atoms with Gasteiger partial charge in [0, 0.05) is 12.9 Å². The van der Waals surface area contributed by atoms with Crippen LogP contribution in [-0.4, -0.2) is 37.3 Å². The monoisotopic (exact) mass is 282 g/mol. The third-order valence-electron chi connectivity index (χ3n) is 2.38. The summed E-state index contributed by atoms with van der Waals surface area (Å²) in [5, 5.41) is 0.581. The molecule has 1 aromatic rings. The fourth-order valence-corrected chi connectivity index (χ4v) is 2.10. The van der Waals surface area contributed by atoms with Gasteiger partial charge in [-0.1, -0.05) is 29.5 Å². The maximum atomic E-state index is 5.81. The summed E-state index contributed by atoms with van der Waals surface area (Å²) < 4.78 is 10.6. The van der Waals surface area contributed by atoms with E-state index in [4.69, 9.17) is 15.2 Å². The molecule has 0 saturated carbocycles. The number of aryl methyl sites for hydroxylation is 1. The summed E-state index contributed by atoms with van der Waals surface area (Å²) in [5.41, 5.74) is 7.03. The molecular weight excluding hydrogens is 260 g/mol. The summed E-state index contributed by atoms with van der Waals surface area (Å²) in [5.74, 6) is 1.66. The van der Waals surface area contributed by atoms with Crippen LogP contribution in [0, 0.1) is 6.92 Å². The minimum atomic E-state index is 0.0931. The van der Waals surface area contributed by atoms with Crippen LogP contribution < -0.4 is 10.5 Å². The molecule has 0 aliphatic rings. The highest BCUT2D eigenvalue weighted by Gasteiger charge is 2.01. The van der Waals surface area contributed by atoms with E-state index in [0.717, 1.165) is 11.5 Å². The number of hydrogen-bond donors (Lipinski definition) is 1. The number of methoxy groups -OCH3 is 1. The first-order chi connectivity index (χ1) is 9.11. The lowest BCUT2D eigenvalue weighted by atomic mass is 10.2. The number of hydrogen-bond acceptors (Lipinski definition) is 4. The van der Waals surface area contributed by atoms with E-state index in [0.29, 0.717) is 18.4 Å². The number of benzene rings is 1. The second kappa shape index (κ2) is 8.82. The van der Waals surface area contributed by atoms with Crippen molar-refractivity contribution in [3.63, 3.8) is 0 Å². The molecular formula is C14H22N2O2S. The van der Waals surface area contributed by atoms with Gasteiger partial charge in [-0.25, -0.2) is 0 Å². The van der Waals surface area contributed by atoms with Crippen LogP contribution in [0.4, 0.5) is 0 Å². The molecule has 0 aliphatic heterocycles. The van der Waals surface area contributed by atoms with Crippen molar-refractivity contribution in [1.82, 2.24) is 0 Å². The zero-order chi connectivity index (χ0) is 14.1. The van der Waals surface area contributed by atoms with E-state index in [-0.39, 0.29) is 6.04 Å². The summed E-state index contributed by atoms with van der Waals surface area (Å²) in [7, 11) is 1.66. The Balaban J connectivity index is 2.21. The van der Waals surface area contributed by atoms with Crippen LogP contribution >= 0.6 is 11.8 Å². The van der Waals surface area contributed by atoms with Crippen molar-refractivity contribution in [2.75, 3.05) is 26.1 Å². The molecule has 2 N–H and O–H groups in total. The molecule has 1 atom stereocenters. The van der Waals surface area contributed by atoms with Crippen LogP contribution in [-0.2, 0) is 4.74 Å². The van der Waals surface area contributed by atoms with Gasteiger partial charge in [0.25, 0.3) is 0 Å². The molecule has 0 unspecified atom stereocenters. The van der Waals surface area contributed by atoms with Crippen molar-refractivity contribution in [2.45, 2.75) is 19.9 Å². The lowest BCUT2D eigenvalue weighted by molar-refractivity contribution is 0.186. The molecule has 1 rings (SSSR count). The van der Waals surface area contributed by atoms with Gasteiger partial charge in [-0.15, -0.1) is 0 Å². The third kappa shape index (κ3) is 7.08. The highest BCUT2D eigenvalue weighted by Crippen LogP contribution is 2.12. The lowest BCUT2D eigenvalue weighted by Crippen LogP contribution is -2.16. The second-order valence-electron chi connectivity index (χ2n) is 4.28. The Labute approximate surface area is 119 Å². The van der Waals surface area contributed by atoms with E-state index in [2.05, 4.69) is 11.9 Å². The van der Waals surface area contributed by atoms with Crippen molar-refractivity contribution < 1.29 is 9.47 Å². The van der Waals surface area contributed by atoms with Gasteiger partial charge in [-0.3, -0.25) is 4.99 Å². The lowest BCUT2D eigenvalue weighted by Gasteiger charge is -2.08. The number of thioether (sulfide) groups is 1. The fourth-order valence-electron chi connectivity index (χ4n) is 1.47. The van der Waals surface area contributed by atoms with Crippen LogP contribution in [0.25, 0.3) is 0 Å². The van der Waals surface area contributed by atoms with Gasteiger partial charge in [0.2, 0.25) is 0 Å². The van der Waals surface area contributed by atoms with Crippen molar-refractivity contribution in [1.29, 1.82) is 0 Å². The molecule has 0 aliphatic carbocycles. The number of rotatable bonds is 7. The highest BCUT2D eigenvalue weighted by atomic mass is 32.2. The Morgan fingerprint density at radius 2 is 2.05 bits per heavy atom. The molecule has 0 spiro atoms. The second-order valence-corrected chi connectivity index (χ2v) is 5.40. The van der Waals surface area contributed by atoms with E-state index in [1.807, 2.05) is 31.2 Å². The maximum Gasteiger partial charge on any atom is 0.154 e. The molecule has 0 fully saturated rings. The molecule has 106 valence electrons. The van der Waals surface area contributed by atoms with Gasteiger partial charge in [0.15, 0.2) is 5.17 Å². The number of aliphatic imine (C=N–C) groups is 1. The average molecular weight is 282 g/mol. The summed E-state index contributed by atoms with van der Waals surface area (Å²) in [6.45, 7) is 5.22. The molecule has 0 bridgehead atoms. The van der Waals surface area contributed by atoms with Crippen LogP contribution in [0.3, 0.4) is 0 Å². The predicted molar refractivity (Wildman–Crippen MR) is 82.1 cm³/mol. The first-order valence-electron chi connectivity index (χ1n) is 6.26. The molecule has 5 heteroatoms. The zero-order valence-corrected chi connectivity index (χ0v) is 12.6. The number of amidine groups is 1. The SMILES string of the molecule is COC[C@@H](C)N=C(N)SCCOc1ccc(C)cc1. The minimum absolute atomic E-state index is 0.0931. The molecule has 0 amide bonds. The normalized spacial score (nSPS) is 13.3. The van der Waals surface area contributed by atoms with Crippen molar-refractivity contribution in [3.05, 3.63) is 29.8 Å². The van der Waals surface area contributed by atoms with E-state index in [1.54, 1.807) is 7.11 Å². The van der Waals surface area contributed by atoms with Gasteiger partial charge in [0.1, 0.15) is 5.75 Å². The summed E-state index contributed by atoms with van der Waals surface area (Å²) >= 11 is 1.50. The molecule has 0 saturated heterocycles. The Kier molecular flexibility index (Phi) is 7.36. The Morgan fingerprint density at radius 3 is 2.68 bits per heavy atom. The quantitative estimate of drug-likeness (QED) is 0.474. The van der Waals surface area contributed by atoms with E-state index >= 15 is 0 Å². The Morgan fingerprint density at radius 1 is 1.37 bits per heavy atom. The highest BCUT2D eigenvalue weighted by molar-refractivity contribution is 8.13. The summed E-state index contributed by atoms with van der Waals surface area (Å²) in [4.78, 5) is 4.30. The van der Waals surface area contributed by atoms with Crippen LogP contribution in [0.1, 0.15) is 12.5 Å². The first-order valence-corrected chi connectivity index (χ1v) is 7.25. The number of nitrogens with two attached hydrogens (primary N) is 1. The van der Waals surface area contributed by atoms with Crippen LogP contribution in [0.15, 0.2) is 29.3 Å². The molecule has 0 aromatic heterocycles. The molecule has 4 nitrogen and oxygen atoms in total. The molecule has 0 heterocycles. The van der Waals surface area contributed by atoms with Gasteiger partial charge in [0.05, 0.1) is 19.3 Å². The fraction of sp³-hybridized carbons (Fsp3) is 0.500. The number of ether oxygens (including phenoxy) is 2. The Hall–Kier alpha value is -1.20. The van der Waals surface area contributed by atoms with Gasteiger partial charge < -0.3 is 15.2 Å². The Bertz CT molecular complexity index is 393. The molecule has 19 heavy (non-hydrogen) atoms. The molecule has 0 radical (unpaired) electrons. The minimum Gasteiger partial charge on any atom is -0.493 e. The smallest absolute Gasteiger partial charge is 0.154 e. The topological polar surface area (TPSA) is 56.8 Å².